The molecule has 5 nitrogen and oxygen atoms in total. The Morgan fingerprint density at radius 2 is 1.85 bits per heavy atom. The van der Waals surface area contributed by atoms with Gasteiger partial charge < -0.3 is 14.6 Å². The lowest BCUT2D eigenvalue weighted by Gasteiger charge is -2.34. The van der Waals surface area contributed by atoms with Crippen molar-refractivity contribution in [2.45, 2.75) is 83.4 Å². The zero-order chi connectivity index (χ0) is 33.4. The van der Waals surface area contributed by atoms with E-state index in [0.717, 1.165) is 66.6 Å². The molecule has 2 heterocycles. The van der Waals surface area contributed by atoms with E-state index in [1.807, 2.05) is 56.0 Å². The van der Waals surface area contributed by atoms with Crippen LogP contribution in [0.25, 0.3) is 23.1 Å². The summed E-state index contributed by atoms with van der Waals surface area (Å²) in [5.74, 6) is -0.0231. The predicted molar refractivity (Wildman–Crippen MR) is 196 cm³/mol. The van der Waals surface area contributed by atoms with Gasteiger partial charge in [0, 0.05) is 22.3 Å². The second kappa shape index (κ2) is 15.8. The number of nitrogens with zero attached hydrogens (tertiary/aromatic N) is 1. The molecule has 0 aliphatic carbocycles. The van der Waals surface area contributed by atoms with Gasteiger partial charge >= 0.3 is 5.97 Å². The van der Waals surface area contributed by atoms with Crippen molar-refractivity contribution < 1.29 is 19.4 Å². The standard InChI is InChI=1S/C40H46ClNO4S/c1-39(2,26-37(43)44)27-47-36(22-18-29-11-5-6-13-34(29)40(3,4)46-38-14-7-8-23-45-38)31-12-9-10-28(24-31)15-20-33-21-17-30-16-19-32(41)25-35(30)42-33/h5-6,9-13,15-17,19-21,24-25,36,38H,7-8,14,18,22-23,26-27H2,1-4H3,(H,43,44)/t36-,38?/m1/s1. The Morgan fingerprint density at radius 1 is 1.04 bits per heavy atom. The monoisotopic (exact) mass is 671 g/mol. The van der Waals surface area contributed by atoms with Crippen LogP contribution in [0, 0.1) is 5.41 Å². The molecule has 5 rings (SSSR count). The Morgan fingerprint density at radius 3 is 2.64 bits per heavy atom. The van der Waals surface area contributed by atoms with Gasteiger partial charge in [0.05, 0.1) is 23.2 Å². The Balaban J connectivity index is 1.36. The number of aromatic nitrogens is 1. The van der Waals surface area contributed by atoms with Crippen LogP contribution in [0.15, 0.2) is 78.9 Å². The quantitative estimate of drug-likeness (QED) is 0.144. The molecule has 0 saturated carbocycles. The van der Waals surface area contributed by atoms with Gasteiger partial charge in [-0.15, -0.1) is 0 Å². The molecule has 1 fully saturated rings. The Bertz CT molecular complexity index is 1690. The van der Waals surface area contributed by atoms with Gasteiger partial charge in [-0.3, -0.25) is 4.79 Å². The number of carboxylic acid groups (broad SMARTS) is 1. The summed E-state index contributed by atoms with van der Waals surface area (Å²) in [4.78, 5) is 16.4. The smallest absolute Gasteiger partial charge is 0.303 e. The number of aliphatic carboxylic acids is 1. The van der Waals surface area contributed by atoms with Crippen molar-refractivity contribution in [1.82, 2.24) is 4.98 Å². The van der Waals surface area contributed by atoms with Crippen molar-refractivity contribution >= 4 is 52.4 Å². The second-order valence-corrected chi connectivity index (χ2v) is 15.4. The highest BCUT2D eigenvalue weighted by atomic mass is 35.5. The van der Waals surface area contributed by atoms with Crippen molar-refractivity contribution in [3.63, 3.8) is 0 Å². The molecular formula is C40H46ClNO4S. The van der Waals surface area contributed by atoms with Crippen molar-refractivity contribution in [2.24, 2.45) is 5.41 Å². The fourth-order valence-electron chi connectivity index (χ4n) is 6.18. The van der Waals surface area contributed by atoms with Gasteiger partial charge in [-0.05, 0) is 104 Å². The summed E-state index contributed by atoms with van der Waals surface area (Å²) >= 11 is 8.05. The van der Waals surface area contributed by atoms with E-state index in [9.17, 15) is 9.90 Å². The van der Waals surface area contributed by atoms with Crippen molar-refractivity contribution in [2.75, 3.05) is 12.4 Å². The molecule has 1 saturated heterocycles. The molecule has 1 aromatic heterocycles. The number of ether oxygens (including phenoxy) is 2. The van der Waals surface area contributed by atoms with Gasteiger partial charge in [-0.1, -0.05) is 92.2 Å². The van der Waals surface area contributed by atoms with E-state index in [2.05, 4.69) is 74.5 Å². The maximum atomic E-state index is 11.6. The average Bonchev–Trinajstić information content (AvgIpc) is 3.03. The molecule has 0 amide bonds. The highest BCUT2D eigenvalue weighted by molar-refractivity contribution is 7.99. The lowest BCUT2D eigenvalue weighted by Crippen LogP contribution is -2.33. The number of aryl methyl sites for hydroxylation is 1. The van der Waals surface area contributed by atoms with Crippen LogP contribution >= 0.6 is 23.4 Å². The van der Waals surface area contributed by atoms with Gasteiger partial charge in [0.2, 0.25) is 0 Å². The number of pyridine rings is 1. The third kappa shape index (κ3) is 10.2. The third-order valence-corrected chi connectivity index (χ3v) is 10.7. The Labute approximate surface area is 288 Å². The fraction of sp³-hybridized carbons (Fsp3) is 0.400. The van der Waals surface area contributed by atoms with Crippen LogP contribution in [-0.2, 0) is 26.3 Å². The molecule has 1 N–H and O–H groups in total. The van der Waals surface area contributed by atoms with Gasteiger partial charge in [-0.25, -0.2) is 4.98 Å². The number of hydrogen-bond acceptors (Lipinski definition) is 5. The molecule has 1 aliphatic rings. The van der Waals surface area contributed by atoms with Gasteiger partial charge in [-0.2, -0.15) is 11.8 Å². The van der Waals surface area contributed by atoms with Crippen molar-refractivity contribution in [3.05, 3.63) is 112 Å². The van der Waals surface area contributed by atoms with Crippen molar-refractivity contribution in [1.29, 1.82) is 0 Å². The molecule has 0 radical (unpaired) electrons. The summed E-state index contributed by atoms with van der Waals surface area (Å²) in [7, 11) is 0. The number of fused-ring (bicyclic) bond motifs is 1. The van der Waals surface area contributed by atoms with E-state index in [-0.39, 0.29) is 23.4 Å². The average molecular weight is 672 g/mol. The molecule has 2 atom stereocenters. The molecule has 7 heteroatoms. The second-order valence-electron chi connectivity index (χ2n) is 13.7. The predicted octanol–water partition coefficient (Wildman–Crippen LogP) is 10.7. The number of thioether (sulfide) groups is 1. The largest absolute Gasteiger partial charge is 0.481 e. The highest BCUT2D eigenvalue weighted by Gasteiger charge is 2.30. The SMILES string of the molecule is CC(C)(CS[C@H](CCc1ccccc1C(C)(C)OC1CCCCO1)c1cccc(C=Cc2ccc3ccc(Cl)cc3n2)c1)CC(=O)O. The summed E-state index contributed by atoms with van der Waals surface area (Å²) in [6.45, 7) is 9.10. The minimum absolute atomic E-state index is 0.136. The molecule has 0 bridgehead atoms. The first-order valence-electron chi connectivity index (χ1n) is 16.5. The minimum atomic E-state index is -0.762. The van der Waals surface area contributed by atoms with Crippen LogP contribution in [0.1, 0.15) is 93.0 Å². The maximum absolute atomic E-state index is 11.6. The minimum Gasteiger partial charge on any atom is -0.481 e. The first kappa shape index (κ1) is 35.2. The number of hydrogen-bond donors (Lipinski definition) is 1. The molecule has 3 aromatic carbocycles. The molecule has 248 valence electrons. The molecule has 1 aliphatic heterocycles. The highest BCUT2D eigenvalue weighted by Crippen LogP contribution is 2.40. The van der Waals surface area contributed by atoms with Crippen molar-refractivity contribution in [3.8, 4) is 0 Å². The van der Waals surface area contributed by atoms with E-state index in [1.54, 1.807) is 0 Å². The first-order valence-corrected chi connectivity index (χ1v) is 18.0. The molecule has 1 unspecified atom stereocenters. The van der Waals surface area contributed by atoms with Crippen LogP contribution in [0.4, 0.5) is 0 Å². The lowest BCUT2D eigenvalue weighted by atomic mass is 9.89. The number of carboxylic acids is 1. The summed E-state index contributed by atoms with van der Waals surface area (Å²) in [5, 5.41) is 11.4. The first-order chi connectivity index (χ1) is 22.5. The Kier molecular flexibility index (Phi) is 11.8. The lowest BCUT2D eigenvalue weighted by molar-refractivity contribution is -0.219. The van der Waals surface area contributed by atoms with Gasteiger partial charge in [0.15, 0.2) is 6.29 Å². The fourth-order valence-corrected chi connectivity index (χ4v) is 7.73. The zero-order valence-corrected chi connectivity index (χ0v) is 29.4. The van der Waals surface area contributed by atoms with E-state index in [1.165, 1.54) is 16.7 Å². The van der Waals surface area contributed by atoms with Crippen LogP contribution in [0.5, 0.6) is 0 Å². The molecule has 4 aromatic rings. The van der Waals surface area contributed by atoms with Crippen LogP contribution < -0.4 is 0 Å². The van der Waals surface area contributed by atoms with Crippen LogP contribution in [0.3, 0.4) is 0 Å². The normalized spacial score (nSPS) is 16.5. The van der Waals surface area contributed by atoms with E-state index >= 15 is 0 Å². The van der Waals surface area contributed by atoms with E-state index in [0.29, 0.717) is 5.02 Å². The van der Waals surface area contributed by atoms with Gasteiger partial charge in [0.1, 0.15) is 0 Å². The van der Waals surface area contributed by atoms with E-state index in [4.69, 9.17) is 26.1 Å². The number of halogens is 1. The molecule has 0 spiro atoms. The summed E-state index contributed by atoms with van der Waals surface area (Å²) < 4.78 is 12.5. The van der Waals surface area contributed by atoms with E-state index < -0.39 is 11.6 Å². The summed E-state index contributed by atoms with van der Waals surface area (Å²) in [5.41, 5.74) is 5.69. The van der Waals surface area contributed by atoms with Crippen LogP contribution in [-0.4, -0.2) is 34.7 Å². The maximum Gasteiger partial charge on any atom is 0.303 e. The number of carbonyl (C=O) groups is 1. The number of benzene rings is 3. The summed E-state index contributed by atoms with van der Waals surface area (Å²) in [6, 6.07) is 27.0. The summed E-state index contributed by atoms with van der Waals surface area (Å²) in [6.07, 6.45) is 9.00. The van der Waals surface area contributed by atoms with Gasteiger partial charge in [0.25, 0.3) is 0 Å². The third-order valence-electron chi connectivity index (χ3n) is 8.62. The van der Waals surface area contributed by atoms with Crippen LogP contribution in [0.2, 0.25) is 5.02 Å². The Hall–Kier alpha value is -3.16. The molecule has 47 heavy (non-hydrogen) atoms. The zero-order valence-electron chi connectivity index (χ0n) is 27.9. The molecular weight excluding hydrogens is 626 g/mol. The number of rotatable bonds is 14. The topological polar surface area (TPSA) is 68.7 Å².